The van der Waals surface area contributed by atoms with Crippen molar-refractivity contribution in [1.82, 2.24) is 0 Å². The molecular weight excluding hydrogens is 394 g/mol. The Labute approximate surface area is 171 Å². The molecule has 0 saturated carbocycles. The Morgan fingerprint density at radius 2 is 1.73 bits per heavy atom. The third-order valence-corrected chi connectivity index (χ3v) is 4.48. The largest absolute Gasteiger partial charge is 0.488 e. The molecule has 0 fully saturated rings. The van der Waals surface area contributed by atoms with E-state index in [1.807, 2.05) is 30.3 Å². The molecule has 3 rings (SSSR count). The lowest BCUT2D eigenvalue weighted by atomic mass is 10.0. The summed E-state index contributed by atoms with van der Waals surface area (Å²) in [6.45, 7) is 0.851. The van der Waals surface area contributed by atoms with Gasteiger partial charge in [0, 0.05) is 31.0 Å². The number of nitro groups is 1. The van der Waals surface area contributed by atoms with Crippen LogP contribution in [0.25, 0.3) is 10.8 Å². The Hall–Kier alpha value is -3.81. The number of benzene rings is 3. The molecule has 0 atom stereocenters. The second kappa shape index (κ2) is 9.13. The Bertz CT molecular complexity index is 1110. The SMILES string of the molecule is CC(=O)N(CC=C(F)F)c1cc(OCc2ccccc2)c2ccccc2c1[N+](=O)[O-]. The van der Waals surface area contributed by atoms with Crippen molar-refractivity contribution in [2.45, 2.75) is 13.5 Å². The molecule has 3 aromatic rings. The van der Waals surface area contributed by atoms with Crippen LogP contribution >= 0.6 is 0 Å². The number of hydrogen-bond donors (Lipinski definition) is 0. The van der Waals surface area contributed by atoms with E-state index in [1.165, 1.54) is 12.1 Å². The van der Waals surface area contributed by atoms with Crippen molar-refractivity contribution in [2.24, 2.45) is 0 Å². The second-order valence-electron chi connectivity index (χ2n) is 6.44. The topological polar surface area (TPSA) is 72.7 Å². The van der Waals surface area contributed by atoms with Crippen LogP contribution in [0.1, 0.15) is 12.5 Å². The highest BCUT2D eigenvalue weighted by atomic mass is 19.3. The monoisotopic (exact) mass is 412 g/mol. The molecule has 3 aromatic carbocycles. The van der Waals surface area contributed by atoms with Gasteiger partial charge in [-0.2, -0.15) is 8.78 Å². The highest BCUT2D eigenvalue weighted by molar-refractivity contribution is 6.05. The molecule has 30 heavy (non-hydrogen) atoms. The first-order valence-corrected chi connectivity index (χ1v) is 9.04. The smallest absolute Gasteiger partial charge is 0.301 e. The molecule has 0 aliphatic carbocycles. The van der Waals surface area contributed by atoms with Gasteiger partial charge in [-0.15, -0.1) is 0 Å². The molecule has 8 heteroatoms. The summed E-state index contributed by atoms with van der Waals surface area (Å²) in [4.78, 5) is 24.3. The van der Waals surface area contributed by atoms with Crippen LogP contribution < -0.4 is 9.64 Å². The van der Waals surface area contributed by atoms with Crippen molar-refractivity contribution >= 4 is 28.1 Å². The zero-order valence-electron chi connectivity index (χ0n) is 16.0. The number of rotatable bonds is 7. The average molecular weight is 412 g/mol. The summed E-state index contributed by atoms with van der Waals surface area (Å²) in [7, 11) is 0. The summed E-state index contributed by atoms with van der Waals surface area (Å²) in [5.41, 5.74) is 0.430. The van der Waals surface area contributed by atoms with Crippen LogP contribution in [0, 0.1) is 10.1 Å². The summed E-state index contributed by atoms with van der Waals surface area (Å²) < 4.78 is 31.2. The summed E-state index contributed by atoms with van der Waals surface area (Å²) >= 11 is 0. The lowest BCUT2D eigenvalue weighted by Gasteiger charge is -2.21. The van der Waals surface area contributed by atoms with Crippen molar-refractivity contribution in [3.8, 4) is 5.75 Å². The zero-order chi connectivity index (χ0) is 21.7. The van der Waals surface area contributed by atoms with Crippen LogP contribution in [0.15, 0.2) is 72.8 Å². The van der Waals surface area contributed by atoms with Crippen LogP contribution in [0.5, 0.6) is 5.75 Å². The summed E-state index contributed by atoms with van der Waals surface area (Å²) in [5, 5.41) is 12.6. The molecule has 1 amide bonds. The number of nitrogens with zero attached hydrogens (tertiary/aromatic N) is 2. The maximum Gasteiger partial charge on any atom is 0.301 e. The van der Waals surface area contributed by atoms with E-state index in [4.69, 9.17) is 4.74 Å². The molecule has 0 aliphatic rings. The molecule has 0 saturated heterocycles. The number of carbonyl (C=O) groups is 1. The molecule has 0 bridgehead atoms. The predicted octanol–water partition coefficient (Wildman–Crippen LogP) is 5.46. The number of amides is 1. The van der Waals surface area contributed by atoms with Crippen molar-refractivity contribution < 1.29 is 23.2 Å². The first-order chi connectivity index (χ1) is 14.4. The molecule has 0 aromatic heterocycles. The standard InChI is InChI=1S/C22H18F2N2O4/c1-15(27)25(12-11-21(23)24)19-13-20(30-14-16-7-3-2-4-8-16)17-9-5-6-10-18(17)22(19)26(28)29/h2-11,13H,12,14H2,1H3. The lowest BCUT2D eigenvalue weighted by molar-refractivity contribution is -0.382. The lowest BCUT2D eigenvalue weighted by Crippen LogP contribution is -2.29. The van der Waals surface area contributed by atoms with Crippen LogP contribution in [0.3, 0.4) is 0 Å². The highest BCUT2D eigenvalue weighted by Gasteiger charge is 2.27. The van der Waals surface area contributed by atoms with Crippen LogP contribution in [-0.2, 0) is 11.4 Å². The third-order valence-electron chi connectivity index (χ3n) is 4.48. The Morgan fingerprint density at radius 3 is 2.33 bits per heavy atom. The number of ether oxygens (including phenoxy) is 1. The summed E-state index contributed by atoms with van der Waals surface area (Å²) in [6, 6.07) is 17.2. The Kier molecular flexibility index (Phi) is 6.36. The van der Waals surface area contributed by atoms with Crippen molar-refractivity contribution in [1.29, 1.82) is 0 Å². The van der Waals surface area contributed by atoms with Gasteiger partial charge in [0.05, 0.1) is 10.3 Å². The van der Waals surface area contributed by atoms with Crippen LogP contribution in [-0.4, -0.2) is 17.4 Å². The molecule has 6 nitrogen and oxygen atoms in total. The van der Waals surface area contributed by atoms with Gasteiger partial charge in [0.2, 0.25) is 5.91 Å². The molecule has 0 aliphatic heterocycles. The van der Waals surface area contributed by atoms with Gasteiger partial charge in [-0.3, -0.25) is 14.9 Å². The fourth-order valence-corrected chi connectivity index (χ4v) is 3.12. The number of anilines is 1. The normalized spacial score (nSPS) is 10.5. The van der Waals surface area contributed by atoms with E-state index in [0.717, 1.165) is 17.4 Å². The molecule has 0 N–H and O–H groups in total. The number of fused-ring (bicyclic) bond motifs is 1. The summed E-state index contributed by atoms with van der Waals surface area (Å²) in [5.74, 6) is -0.300. The maximum absolute atomic E-state index is 12.6. The van der Waals surface area contributed by atoms with Crippen LogP contribution in [0.4, 0.5) is 20.2 Å². The minimum atomic E-state index is -1.98. The van der Waals surface area contributed by atoms with Crippen LogP contribution in [0.2, 0.25) is 0 Å². The first kappa shape index (κ1) is 20.9. The maximum atomic E-state index is 12.6. The quantitative estimate of drug-likeness (QED) is 0.382. The number of halogens is 2. The predicted molar refractivity (Wildman–Crippen MR) is 110 cm³/mol. The number of carbonyl (C=O) groups excluding carboxylic acids is 1. The fraction of sp³-hybridized carbons (Fsp3) is 0.136. The third kappa shape index (κ3) is 4.60. The molecule has 0 unspecified atom stereocenters. The van der Waals surface area contributed by atoms with E-state index in [2.05, 4.69) is 0 Å². The van der Waals surface area contributed by atoms with E-state index in [-0.39, 0.29) is 23.4 Å². The molecule has 154 valence electrons. The van der Waals surface area contributed by atoms with Gasteiger partial charge in [-0.1, -0.05) is 48.5 Å². The van der Waals surface area contributed by atoms with E-state index in [9.17, 15) is 23.7 Å². The molecule has 0 radical (unpaired) electrons. The fourth-order valence-electron chi connectivity index (χ4n) is 3.12. The van der Waals surface area contributed by atoms with Crippen molar-refractivity contribution in [3.05, 3.63) is 88.5 Å². The van der Waals surface area contributed by atoms with Crippen molar-refractivity contribution in [3.63, 3.8) is 0 Å². The van der Waals surface area contributed by atoms with Gasteiger partial charge in [0.25, 0.3) is 6.08 Å². The Morgan fingerprint density at radius 1 is 1.10 bits per heavy atom. The minimum Gasteiger partial charge on any atom is -0.488 e. The van der Waals surface area contributed by atoms with Gasteiger partial charge in [-0.25, -0.2) is 0 Å². The van der Waals surface area contributed by atoms with E-state index in [1.54, 1.807) is 18.2 Å². The molecule has 0 spiro atoms. The van der Waals surface area contributed by atoms with Gasteiger partial charge in [0.1, 0.15) is 18.0 Å². The zero-order valence-corrected chi connectivity index (χ0v) is 16.0. The van der Waals surface area contributed by atoms with Gasteiger partial charge >= 0.3 is 5.69 Å². The van der Waals surface area contributed by atoms with Gasteiger partial charge in [0.15, 0.2) is 0 Å². The van der Waals surface area contributed by atoms with Crippen molar-refractivity contribution in [2.75, 3.05) is 11.4 Å². The number of nitro benzene ring substituents is 1. The average Bonchev–Trinajstić information content (AvgIpc) is 2.72. The molecule has 0 heterocycles. The van der Waals surface area contributed by atoms with Gasteiger partial charge < -0.3 is 9.64 Å². The first-order valence-electron chi connectivity index (χ1n) is 9.04. The highest BCUT2D eigenvalue weighted by Crippen LogP contribution is 2.42. The van der Waals surface area contributed by atoms with E-state index in [0.29, 0.717) is 17.2 Å². The van der Waals surface area contributed by atoms with E-state index < -0.39 is 23.5 Å². The van der Waals surface area contributed by atoms with Gasteiger partial charge in [-0.05, 0) is 11.6 Å². The second-order valence-corrected chi connectivity index (χ2v) is 6.44. The summed E-state index contributed by atoms with van der Waals surface area (Å²) in [6.07, 6.45) is -1.45. The molecular formula is C22H18F2N2O4. The number of hydrogen-bond acceptors (Lipinski definition) is 4. The van der Waals surface area contributed by atoms with E-state index >= 15 is 0 Å². The minimum absolute atomic E-state index is 0.105. The Balaban J connectivity index is 2.16.